The first kappa shape index (κ1) is 17.8. The maximum atomic E-state index is 12.2. The quantitative estimate of drug-likeness (QED) is 0.550. The first-order valence-electron chi connectivity index (χ1n) is 8.14. The van der Waals surface area contributed by atoms with Gasteiger partial charge in [0.05, 0.1) is 0 Å². The van der Waals surface area contributed by atoms with Crippen molar-refractivity contribution in [3.8, 4) is 0 Å². The summed E-state index contributed by atoms with van der Waals surface area (Å²) in [4.78, 5) is 36.1. The van der Waals surface area contributed by atoms with Crippen LogP contribution in [0.15, 0.2) is 30.3 Å². The Labute approximate surface area is 141 Å². The summed E-state index contributed by atoms with van der Waals surface area (Å²) in [6, 6.07) is 8.96. The number of benzene rings is 1. The summed E-state index contributed by atoms with van der Waals surface area (Å²) in [7, 11) is 0. The van der Waals surface area contributed by atoms with E-state index >= 15 is 0 Å². The largest absolute Gasteiger partial charge is 0.445 e. The molecule has 3 amide bonds. The Hall–Kier alpha value is -2.57. The number of nitrogens with zero attached hydrogens (tertiary/aromatic N) is 1. The van der Waals surface area contributed by atoms with E-state index in [0.717, 1.165) is 12.0 Å². The zero-order chi connectivity index (χ0) is 17.2. The van der Waals surface area contributed by atoms with E-state index in [0.29, 0.717) is 38.9 Å². The van der Waals surface area contributed by atoms with E-state index < -0.39 is 12.1 Å². The number of hydrogen-bond acceptors (Lipinski definition) is 4. The topological polar surface area (TPSA) is 87.7 Å². The highest BCUT2D eigenvalue weighted by molar-refractivity contribution is 5.86. The van der Waals surface area contributed by atoms with Gasteiger partial charge in [-0.25, -0.2) is 4.79 Å². The van der Waals surface area contributed by atoms with Crippen LogP contribution in [0.2, 0.25) is 0 Å². The van der Waals surface area contributed by atoms with Gasteiger partial charge in [-0.3, -0.25) is 14.5 Å². The molecule has 1 saturated heterocycles. The maximum Gasteiger partial charge on any atom is 0.410 e. The molecule has 1 aromatic carbocycles. The molecular formula is C17H23N3O4. The Morgan fingerprint density at radius 3 is 2.79 bits per heavy atom. The molecule has 1 unspecified atom stereocenters. The molecular weight excluding hydrogens is 310 g/mol. The highest BCUT2D eigenvalue weighted by atomic mass is 16.6. The molecule has 0 spiro atoms. The summed E-state index contributed by atoms with van der Waals surface area (Å²) in [5, 5.41) is 5.33. The van der Waals surface area contributed by atoms with Gasteiger partial charge in [-0.05, 0) is 24.8 Å². The second kappa shape index (κ2) is 9.54. The first-order chi connectivity index (χ1) is 11.7. The number of ether oxygens (including phenoxy) is 1. The van der Waals surface area contributed by atoms with Gasteiger partial charge in [0.2, 0.25) is 12.3 Å². The summed E-state index contributed by atoms with van der Waals surface area (Å²) in [5.74, 6) is -0.171. The smallest absolute Gasteiger partial charge is 0.410 e. The van der Waals surface area contributed by atoms with Crippen molar-refractivity contribution < 1.29 is 19.1 Å². The summed E-state index contributed by atoms with van der Waals surface area (Å²) in [6.45, 7) is 1.70. The van der Waals surface area contributed by atoms with Gasteiger partial charge in [0.25, 0.3) is 0 Å². The van der Waals surface area contributed by atoms with E-state index in [1.165, 1.54) is 4.90 Å². The number of hydrogen-bond donors (Lipinski definition) is 2. The van der Waals surface area contributed by atoms with E-state index in [9.17, 15) is 14.4 Å². The van der Waals surface area contributed by atoms with Crippen LogP contribution in [0.3, 0.4) is 0 Å². The van der Waals surface area contributed by atoms with E-state index in [2.05, 4.69) is 10.6 Å². The first-order valence-corrected chi connectivity index (χ1v) is 8.14. The lowest BCUT2D eigenvalue weighted by molar-refractivity contribution is -0.125. The molecule has 0 saturated carbocycles. The number of likely N-dealkylation sites (tertiary alicyclic amines) is 1. The fraction of sp³-hybridized carbons (Fsp3) is 0.471. The lowest BCUT2D eigenvalue weighted by Gasteiger charge is -2.23. The molecule has 7 nitrogen and oxygen atoms in total. The van der Waals surface area contributed by atoms with Gasteiger partial charge in [-0.1, -0.05) is 30.3 Å². The van der Waals surface area contributed by atoms with Gasteiger partial charge < -0.3 is 15.4 Å². The Morgan fingerprint density at radius 1 is 1.25 bits per heavy atom. The lowest BCUT2D eigenvalue weighted by atomic mass is 10.2. The standard InChI is InChI=1S/C17H23N3O4/c21-13-18-9-5-10-19-16(22)15-8-4-11-20(15)17(23)24-12-14-6-2-1-3-7-14/h1-3,6-7,13,15H,4-5,8-12H2,(H,18,21)(H,19,22). The molecule has 1 aliphatic heterocycles. The van der Waals surface area contributed by atoms with E-state index in [-0.39, 0.29) is 12.5 Å². The molecule has 1 aromatic rings. The van der Waals surface area contributed by atoms with Crippen molar-refractivity contribution in [1.82, 2.24) is 15.5 Å². The number of carbonyl (C=O) groups excluding carboxylic acids is 3. The second-order valence-electron chi connectivity index (χ2n) is 5.61. The molecule has 1 heterocycles. The number of amides is 3. The van der Waals surface area contributed by atoms with Gasteiger partial charge in [-0.15, -0.1) is 0 Å². The second-order valence-corrected chi connectivity index (χ2v) is 5.61. The van der Waals surface area contributed by atoms with Gasteiger partial charge in [-0.2, -0.15) is 0 Å². The Bertz CT molecular complexity index is 550. The van der Waals surface area contributed by atoms with Crippen LogP contribution in [0.5, 0.6) is 0 Å². The Kier molecular flexibility index (Phi) is 7.07. The van der Waals surface area contributed by atoms with Crippen LogP contribution in [0.4, 0.5) is 4.79 Å². The predicted molar refractivity (Wildman–Crippen MR) is 88.0 cm³/mol. The van der Waals surface area contributed by atoms with Crippen LogP contribution in [-0.4, -0.2) is 49.0 Å². The third kappa shape index (κ3) is 5.26. The highest BCUT2D eigenvalue weighted by Gasteiger charge is 2.34. The van der Waals surface area contributed by atoms with Crippen LogP contribution < -0.4 is 10.6 Å². The highest BCUT2D eigenvalue weighted by Crippen LogP contribution is 2.19. The van der Waals surface area contributed by atoms with Crippen molar-refractivity contribution in [3.05, 3.63) is 35.9 Å². The SMILES string of the molecule is O=CNCCCNC(=O)C1CCCN1C(=O)OCc1ccccc1. The molecule has 0 radical (unpaired) electrons. The summed E-state index contributed by atoms with van der Waals surface area (Å²) in [6.07, 6.45) is 2.24. The van der Waals surface area contributed by atoms with Crippen molar-refractivity contribution in [2.75, 3.05) is 19.6 Å². The number of nitrogens with one attached hydrogen (secondary N) is 2. The minimum absolute atomic E-state index is 0.171. The van der Waals surface area contributed by atoms with Gasteiger partial charge in [0.15, 0.2) is 0 Å². The van der Waals surface area contributed by atoms with Gasteiger partial charge >= 0.3 is 6.09 Å². The predicted octanol–water partition coefficient (Wildman–Crippen LogP) is 1.04. The summed E-state index contributed by atoms with van der Waals surface area (Å²) in [5.41, 5.74) is 0.911. The van der Waals surface area contributed by atoms with Crippen molar-refractivity contribution in [2.45, 2.75) is 31.9 Å². The van der Waals surface area contributed by atoms with Crippen LogP contribution >= 0.6 is 0 Å². The molecule has 1 fully saturated rings. The van der Waals surface area contributed by atoms with Crippen molar-refractivity contribution in [3.63, 3.8) is 0 Å². The van der Waals surface area contributed by atoms with Crippen molar-refractivity contribution in [1.29, 1.82) is 0 Å². The zero-order valence-corrected chi connectivity index (χ0v) is 13.6. The Balaban J connectivity index is 1.77. The molecule has 7 heteroatoms. The van der Waals surface area contributed by atoms with Crippen molar-refractivity contribution >= 4 is 18.4 Å². The fourth-order valence-corrected chi connectivity index (χ4v) is 2.64. The normalized spacial score (nSPS) is 16.5. The third-order valence-electron chi connectivity index (χ3n) is 3.88. The van der Waals surface area contributed by atoms with Gasteiger partial charge in [0, 0.05) is 19.6 Å². The molecule has 130 valence electrons. The average Bonchev–Trinajstić information content (AvgIpc) is 3.10. The van der Waals surface area contributed by atoms with Crippen LogP contribution in [-0.2, 0) is 20.9 Å². The Morgan fingerprint density at radius 2 is 2.04 bits per heavy atom. The summed E-state index contributed by atoms with van der Waals surface area (Å²) < 4.78 is 5.31. The van der Waals surface area contributed by atoms with E-state index in [1.54, 1.807) is 0 Å². The lowest BCUT2D eigenvalue weighted by Crippen LogP contribution is -2.46. The fourth-order valence-electron chi connectivity index (χ4n) is 2.64. The number of rotatable bonds is 8. The van der Waals surface area contributed by atoms with E-state index in [1.807, 2.05) is 30.3 Å². The molecule has 1 atom stereocenters. The molecule has 1 aliphatic rings. The summed E-state index contributed by atoms with van der Waals surface area (Å²) >= 11 is 0. The van der Waals surface area contributed by atoms with Crippen LogP contribution in [0.25, 0.3) is 0 Å². The van der Waals surface area contributed by atoms with E-state index in [4.69, 9.17) is 4.74 Å². The number of carbonyl (C=O) groups is 3. The van der Waals surface area contributed by atoms with Crippen molar-refractivity contribution in [2.24, 2.45) is 0 Å². The van der Waals surface area contributed by atoms with Crippen LogP contribution in [0, 0.1) is 0 Å². The maximum absolute atomic E-state index is 12.2. The minimum atomic E-state index is -0.479. The molecule has 0 aliphatic carbocycles. The third-order valence-corrected chi connectivity index (χ3v) is 3.88. The minimum Gasteiger partial charge on any atom is -0.445 e. The van der Waals surface area contributed by atoms with Crippen LogP contribution in [0.1, 0.15) is 24.8 Å². The molecule has 0 aromatic heterocycles. The van der Waals surface area contributed by atoms with Gasteiger partial charge in [0.1, 0.15) is 12.6 Å². The monoisotopic (exact) mass is 333 g/mol. The molecule has 0 bridgehead atoms. The molecule has 2 rings (SSSR count). The molecule has 24 heavy (non-hydrogen) atoms. The molecule has 2 N–H and O–H groups in total. The zero-order valence-electron chi connectivity index (χ0n) is 13.6. The average molecular weight is 333 g/mol.